The molecule has 2 heterocycles. The molecule has 1 aromatic heterocycles. The summed E-state index contributed by atoms with van der Waals surface area (Å²) in [6.45, 7) is 3.71. The first kappa shape index (κ1) is 16.8. The predicted molar refractivity (Wildman–Crippen MR) is 93.0 cm³/mol. The number of rotatable bonds is 5. The normalized spacial score (nSPS) is 17.0. The van der Waals surface area contributed by atoms with Crippen LogP contribution in [-0.2, 0) is 11.3 Å². The number of nitrogens with zero attached hydrogens (tertiary/aromatic N) is 2. The fourth-order valence-electron chi connectivity index (χ4n) is 2.51. The van der Waals surface area contributed by atoms with E-state index in [-0.39, 0.29) is 0 Å². The summed E-state index contributed by atoms with van der Waals surface area (Å²) in [4.78, 5) is 7.90. The molecule has 1 aliphatic heterocycles. The van der Waals surface area contributed by atoms with Crippen molar-refractivity contribution in [2.45, 2.75) is 25.8 Å². The van der Waals surface area contributed by atoms with E-state index in [1.807, 2.05) is 7.05 Å². The maximum Gasteiger partial charge on any atom is 0.193 e. The van der Waals surface area contributed by atoms with Gasteiger partial charge in [0.15, 0.2) is 5.96 Å². The molecule has 118 valence electrons. The molecule has 1 fully saturated rings. The Labute approximate surface area is 139 Å². The maximum atomic E-state index is 5.41. The maximum absolute atomic E-state index is 5.41. The van der Waals surface area contributed by atoms with Crippen LogP contribution in [0.15, 0.2) is 20.9 Å². The number of ether oxygens (including phenoxy) is 1. The molecule has 6 heteroatoms. The summed E-state index contributed by atoms with van der Waals surface area (Å²) in [5.41, 5.74) is 0. The molecule has 0 unspecified atom stereocenters. The first-order valence-corrected chi connectivity index (χ1v) is 9.03. The minimum atomic E-state index is 0.799. The summed E-state index contributed by atoms with van der Waals surface area (Å²) in [6.07, 6.45) is 3.61. The van der Waals surface area contributed by atoms with Crippen LogP contribution in [0.1, 0.15) is 24.1 Å². The monoisotopic (exact) mass is 373 g/mol. The van der Waals surface area contributed by atoms with Crippen LogP contribution in [0.25, 0.3) is 0 Å². The minimum absolute atomic E-state index is 0.799. The van der Waals surface area contributed by atoms with E-state index in [0.29, 0.717) is 0 Å². The van der Waals surface area contributed by atoms with Crippen molar-refractivity contribution in [3.05, 3.63) is 20.8 Å². The Bertz CT molecular complexity index is 458. The van der Waals surface area contributed by atoms with Gasteiger partial charge in [-0.1, -0.05) is 0 Å². The third-order valence-corrected chi connectivity index (χ3v) is 5.46. The number of thiophene rings is 1. The summed E-state index contributed by atoms with van der Waals surface area (Å²) in [5, 5.41) is 3.43. The van der Waals surface area contributed by atoms with Gasteiger partial charge in [0, 0.05) is 38.7 Å². The van der Waals surface area contributed by atoms with Crippen LogP contribution in [0.3, 0.4) is 0 Å². The molecule has 0 amide bonds. The van der Waals surface area contributed by atoms with Crippen molar-refractivity contribution >= 4 is 33.2 Å². The summed E-state index contributed by atoms with van der Waals surface area (Å²) in [6, 6.07) is 4.22. The smallest absolute Gasteiger partial charge is 0.193 e. The highest BCUT2D eigenvalue weighted by molar-refractivity contribution is 9.11. The second kappa shape index (κ2) is 8.76. The van der Waals surface area contributed by atoms with Gasteiger partial charge in [-0.15, -0.1) is 11.3 Å². The Hall–Kier alpha value is -0.590. The number of aliphatic imine (C=N–C) groups is 1. The van der Waals surface area contributed by atoms with E-state index >= 15 is 0 Å². The van der Waals surface area contributed by atoms with Gasteiger partial charge in [-0.05, 0) is 53.2 Å². The molecule has 0 radical (unpaired) electrons. The van der Waals surface area contributed by atoms with Crippen molar-refractivity contribution in [3.8, 4) is 0 Å². The Balaban J connectivity index is 1.74. The molecule has 1 aliphatic rings. The second-order valence-electron chi connectivity index (χ2n) is 5.37. The van der Waals surface area contributed by atoms with Crippen LogP contribution in [0, 0.1) is 5.92 Å². The molecule has 1 aromatic rings. The number of hydrogen-bond donors (Lipinski definition) is 1. The van der Waals surface area contributed by atoms with Crippen molar-refractivity contribution < 1.29 is 4.74 Å². The first-order valence-electron chi connectivity index (χ1n) is 7.42. The zero-order chi connectivity index (χ0) is 15.1. The molecule has 0 saturated carbocycles. The van der Waals surface area contributed by atoms with E-state index < -0.39 is 0 Å². The fourth-order valence-corrected chi connectivity index (χ4v) is 3.94. The van der Waals surface area contributed by atoms with E-state index in [9.17, 15) is 0 Å². The van der Waals surface area contributed by atoms with Gasteiger partial charge >= 0.3 is 0 Å². The lowest BCUT2D eigenvalue weighted by molar-refractivity contribution is 0.0625. The predicted octanol–water partition coefficient (Wildman–Crippen LogP) is 3.33. The van der Waals surface area contributed by atoms with Crippen LogP contribution >= 0.6 is 27.3 Å². The molecule has 4 nitrogen and oxygen atoms in total. The largest absolute Gasteiger partial charge is 0.381 e. The zero-order valence-corrected chi connectivity index (χ0v) is 15.2. The highest BCUT2D eigenvalue weighted by Crippen LogP contribution is 2.22. The average molecular weight is 374 g/mol. The van der Waals surface area contributed by atoms with Gasteiger partial charge in [-0.25, -0.2) is 0 Å². The van der Waals surface area contributed by atoms with Crippen LogP contribution in [-0.4, -0.2) is 44.7 Å². The van der Waals surface area contributed by atoms with E-state index in [0.717, 1.165) is 38.2 Å². The van der Waals surface area contributed by atoms with Crippen molar-refractivity contribution in [3.63, 3.8) is 0 Å². The molecule has 0 spiro atoms. The number of nitrogens with one attached hydrogen (secondary N) is 1. The number of halogens is 1. The summed E-state index contributed by atoms with van der Waals surface area (Å²) < 4.78 is 6.58. The highest BCUT2D eigenvalue weighted by Gasteiger charge is 2.15. The van der Waals surface area contributed by atoms with Gasteiger partial charge in [0.25, 0.3) is 0 Å². The second-order valence-corrected chi connectivity index (χ2v) is 7.92. The quantitative estimate of drug-likeness (QED) is 0.635. The lowest BCUT2D eigenvalue weighted by Crippen LogP contribution is -2.39. The fraction of sp³-hybridized carbons (Fsp3) is 0.667. The Morgan fingerprint density at radius 2 is 2.24 bits per heavy atom. The van der Waals surface area contributed by atoms with Gasteiger partial charge < -0.3 is 15.0 Å². The summed E-state index contributed by atoms with van der Waals surface area (Å²) >= 11 is 5.25. The van der Waals surface area contributed by atoms with Crippen molar-refractivity contribution in [2.75, 3.05) is 33.9 Å². The SMILES string of the molecule is CN=C(NCc1ccc(Br)s1)N(C)CCC1CCOCC1. The number of hydrogen-bond acceptors (Lipinski definition) is 3. The van der Waals surface area contributed by atoms with Crippen LogP contribution < -0.4 is 5.32 Å². The molecule has 0 atom stereocenters. The molecule has 21 heavy (non-hydrogen) atoms. The summed E-state index contributed by atoms with van der Waals surface area (Å²) in [7, 11) is 3.95. The highest BCUT2D eigenvalue weighted by atomic mass is 79.9. The lowest BCUT2D eigenvalue weighted by Gasteiger charge is -2.26. The van der Waals surface area contributed by atoms with Gasteiger partial charge in [0.1, 0.15) is 0 Å². The standard InChI is InChI=1S/C15H24BrN3OS/c1-17-15(18-11-13-3-4-14(16)21-13)19(2)8-5-12-6-9-20-10-7-12/h3-4,12H,5-11H2,1-2H3,(H,17,18). The molecule has 1 saturated heterocycles. The van der Waals surface area contributed by atoms with E-state index in [1.54, 1.807) is 11.3 Å². The van der Waals surface area contributed by atoms with Crippen molar-refractivity contribution in [1.82, 2.24) is 10.2 Å². The molecule has 1 N–H and O–H groups in total. The van der Waals surface area contributed by atoms with Crippen molar-refractivity contribution in [2.24, 2.45) is 10.9 Å². The Morgan fingerprint density at radius 1 is 1.48 bits per heavy atom. The van der Waals surface area contributed by atoms with Gasteiger partial charge in [0.2, 0.25) is 0 Å². The van der Waals surface area contributed by atoms with Crippen molar-refractivity contribution in [1.29, 1.82) is 0 Å². The third-order valence-electron chi connectivity index (χ3n) is 3.84. The van der Waals surface area contributed by atoms with Crippen LogP contribution in [0.4, 0.5) is 0 Å². The molecule has 0 aromatic carbocycles. The Morgan fingerprint density at radius 3 is 2.86 bits per heavy atom. The molecular formula is C15H24BrN3OS. The average Bonchev–Trinajstić information content (AvgIpc) is 2.92. The zero-order valence-electron chi connectivity index (χ0n) is 12.8. The first-order chi connectivity index (χ1) is 10.2. The van der Waals surface area contributed by atoms with E-state index in [2.05, 4.69) is 50.3 Å². The number of guanidine groups is 1. The van der Waals surface area contributed by atoms with Crippen LogP contribution in [0.5, 0.6) is 0 Å². The van der Waals surface area contributed by atoms with Gasteiger partial charge in [0.05, 0.1) is 10.3 Å². The Kier molecular flexibility index (Phi) is 6.99. The van der Waals surface area contributed by atoms with Crippen LogP contribution in [0.2, 0.25) is 0 Å². The lowest BCUT2D eigenvalue weighted by atomic mass is 9.96. The third kappa shape index (κ3) is 5.60. The molecule has 0 aliphatic carbocycles. The van der Waals surface area contributed by atoms with Gasteiger partial charge in [-0.3, -0.25) is 4.99 Å². The van der Waals surface area contributed by atoms with E-state index in [4.69, 9.17) is 4.74 Å². The molecule has 2 rings (SSSR count). The molecular weight excluding hydrogens is 350 g/mol. The topological polar surface area (TPSA) is 36.9 Å². The van der Waals surface area contributed by atoms with E-state index in [1.165, 1.54) is 27.9 Å². The van der Waals surface area contributed by atoms with Gasteiger partial charge in [-0.2, -0.15) is 0 Å². The summed E-state index contributed by atoms with van der Waals surface area (Å²) in [5.74, 6) is 1.76. The molecule has 0 bridgehead atoms. The minimum Gasteiger partial charge on any atom is -0.381 e.